The Hall–Kier alpha value is -1.06. The van der Waals surface area contributed by atoms with Gasteiger partial charge in [-0.3, -0.25) is 0 Å². The summed E-state index contributed by atoms with van der Waals surface area (Å²) in [4.78, 5) is 0. The molecule has 0 amide bonds. The van der Waals surface area contributed by atoms with Gasteiger partial charge in [0.25, 0.3) is 0 Å². The molecular weight excluding hydrogens is 240 g/mol. The van der Waals surface area contributed by atoms with Gasteiger partial charge in [-0.2, -0.15) is 0 Å². The third-order valence-electron chi connectivity index (χ3n) is 2.67. The molecule has 1 aromatic carbocycles. The number of hydrogen-bond acceptors (Lipinski definition) is 3. The van der Waals surface area contributed by atoms with Gasteiger partial charge in [0.1, 0.15) is 12.4 Å². The summed E-state index contributed by atoms with van der Waals surface area (Å²) in [5.74, 6) is 0.880. The van der Waals surface area contributed by atoms with Gasteiger partial charge in [-0.25, -0.2) is 0 Å². The maximum atomic E-state index is 5.68. The Morgan fingerprint density at radius 3 is 2.26 bits per heavy atom. The van der Waals surface area contributed by atoms with Crippen LogP contribution in [-0.4, -0.2) is 32.0 Å². The van der Waals surface area contributed by atoms with Crippen molar-refractivity contribution in [3.8, 4) is 5.75 Å². The lowest BCUT2D eigenvalue weighted by Crippen LogP contribution is -2.24. The van der Waals surface area contributed by atoms with Gasteiger partial charge in [0.2, 0.25) is 0 Å². The molecule has 1 rings (SSSR count). The van der Waals surface area contributed by atoms with E-state index in [1.54, 1.807) is 0 Å². The number of ether oxygens (including phenoxy) is 3. The molecule has 0 N–H and O–H groups in total. The van der Waals surface area contributed by atoms with Crippen LogP contribution in [0.2, 0.25) is 0 Å². The Kier molecular flexibility index (Phi) is 7.53. The van der Waals surface area contributed by atoms with Crippen LogP contribution < -0.4 is 4.74 Å². The zero-order valence-electron chi connectivity index (χ0n) is 12.4. The molecule has 0 bridgehead atoms. The highest BCUT2D eigenvalue weighted by Gasteiger charge is 2.07. The Labute approximate surface area is 116 Å². The molecule has 0 heterocycles. The first-order valence-electron chi connectivity index (χ1n) is 6.82. The van der Waals surface area contributed by atoms with E-state index in [1.807, 2.05) is 51.5 Å². The molecule has 0 aliphatic heterocycles. The van der Waals surface area contributed by atoms with Crippen LogP contribution in [0.4, 0.5) is 0 Å². The molecule has 0 spiro atoms. The third-order valence-corrected chi connectivity index (χ3v) is 2.67. The van der Waals surface area contributed by atoms with Gasteiger partial charge in [0.15, 0.2) is 0 Å². The molecule has 0 saturated carbocycles. The summed E-state index contributed by atoms with van der Waals surface area (Å²) in [6.07, 6.45) is 2.15. The highest BCUT2D eigenvalue weighted by molar-refractivity contribution is 5.26. The lowest BCUT2D eigenvalue weighted by atomic mass is 10.2. The van der Waals surface area contributed by atoms with Crippen LogP contribution in [0.25, 0.3) is 0 Å². The zero-order chi connectivity index (χ0) is 14.1. The summed E-state index contributed by atoms with van der Waals surface area (Å²) >= 11 is 0. The summed E-state index contributed by atoms with van der Waals surface area (Å²) in [6, 6.07) is 8.03. The maximum Gasteiger partial charge on any atom is 0.119 e. The molecular formula is C16H25O3. The van der Waals surface area contributed by atoms with E-state index in [2.05, 4.69) is 6.92 Å². The van der Waals surface area contributed by atoms with Crippen molar-refractivity contribution in [3.05, 3.63) is 36.2 Å². The number of benzene rings is 1. The van der Waals surface area contributed by atoms with Crippen molar-refractivity contribution in [2.75, 3.05) is 19.8 Å². The molecule has 0 aliphatic carbocycles. The zero-order valence-corrected chi connectivity index (χ0v) is 12.4. The Bertz CT molecular complexity index is 334. The molecule has 2 unspecified atom stereocenters. The smallest absolute Gasteiger partial charge is 0.119 e. The maximum absolute atomic E-state index is 5.68. The van der Waals surface area contributed by atoms with Gasteiger partial charge >= 0.3 is 0 Å². The highest BCUT2D eigenvalue weighted by atomic mass is 16.6. The first-order chi connectivity index (χ1) is 9.11. The second-order valence-corrected chi connectivity index (χ2v) is 4.82. The van der Waals surface area contributed by atoms with E-state index in [-0.39, 0.29) is 12.2 Å². The van der Waals surface area contributed by atoms with Crippen molar-refractivity contribution in [1.82, 2.24) is 0 Å². The Balaban J connectivity index is 2.17. The lowest BCUT2D eigenvalue weighted by Gasteiger charge is -2.18. The van der Waals surface area contributed by atoms with Crippen LogP contribution in [0.3, 0.4) is 0 Å². The topological polar surface area (TPSA) is 27.7 Å². The molecule has 2 atom stereocenters. The van der Waals surface area contributed by atoms with E-state index in [9.17, 15) is 0 Å². The predicted octanol–water partition coefficient (Wildman–Crippen LogP) is 3.41. The van der Waals surface area contributed by atoms with Gasteiger partial charge in [0.05, 0.1) is 18.8 Å². The first-order valence-corrected chi connectivity index (χ1v) is 6.82. The third kappa shape index (κ3) is 7.19. The number of aryl methyl sites for hydroxylation is 1. The summed E-state index contributed by atoms with van der Waals surface area (Å²) in [7, 11) is 0. The Morgan fingerprint density at radius 1 is 1.00 bits per heavy atom. The quantitative estimate of drug-likeness (QED) is 0.685. The summed E-state index contributed by atoms with van der Waals surface area (Å²) < 4.78 is 16.8. The fourth-order valence-electron chi connectivity index (χ4n) is 1.50. The minimum absolute atomic E-state index is 0.0537. The molecule has 3 heteroatoms. The molecule has 0 aliphatic rings. The average molecular weight is 265 g/mol. The summed E-state index contributed by atoms with van der Waals surface area (Å²) in [6.45, 7) is 9.86. The summed E-state index contributed by atoms with van der Waals surface area (Å²) in [5, 5.41) is 0. The van der Waals surface area contributed by atoms with Crippen molar-refractivity contribution in [3.63, 3.8) is 0 Å². The summed E-state index contributed by atoms with van der Waals surface area (Å²) in [5.41, 5.74) is 1.23. The Morgan fingerprint density at radius 2 is 1.63 bits per heavy atom. The predicted molar refractivity (Wildman–Crippen MR) is 77.5 cm³/mol. The van der Waals surface area contributed by atoms with E-state index >= 15 is 0 Å². The van der Waals surface area contributed by atoms with Gasteiger partial charge < -0.3 is 14.2 Å². The molecule has 107 valence electrons. The van der Waals surface area contributed by atoms with Crippen molar-refractivity contribution >= 4 is 0 Å². The molecule has 1 radical (unpaired) electrons. The van der Waals surface area contributed by atoms with Crippen molar-refractivity contribution in [2.45, 2.75) is 39.9 Å². The molecule has 0 saturated heterocycles. The van der Waals surface area contributed by atoms with Crippen LogP contribution in [0.1, 0.15) is 26.3 Å². The normalized spacial score (nSPS) is 14.1. The number of rotatable bonds is 9. The van der Waals surface area contributed by atoms with Crippen LogP contribution in [0, 0.1) is 13.3 Å². The van der Waals surface area contributed by atoms with E-state index in [0.717, 1.165) is 5.75 Å². The van der Waals surface area contributed by atoms with E-state index in [1.165, 1.54) is 5.56 Å². The largest absolute Gasteiger partial charge is 0.491 e. The van der Waals surface area contributed by atoms with E-state index in [0.29, 0.717) is 19.8 Å². The SMILES string of the molecule is C[CH]COC(C)COC(C)COc1ccc(C)cc1. The molecule has 0 fully saturated rings. The standard InChI is InChI=1S/C16H25O3/c1-5-10-17-14(3)11-18-15(4)12-19-16-8-6-13(2)7-9-16/h5-9,14-15H,10-12H2,1-4H3. The second kappa shape index (κ2) is 8.94. The highest BCUT2D eigenvalue weighted by Crippen LogP contribution is 2.12. The van der Waals surface area contributed by atoms with Gasteiger partial charge in [-0.1, -0.05) is 24.6 Å². The number of hydrogen-bond donors (Lipinski definition) is 0. The monoisotopic (exact) mass is 265 g/mol. The van der Waals surface area contributed by atoms with Crippen molar-refractivity contribution in [1.29, 1.82) is 0 Å². The van der Waals surface area contributed by atoms with Crippen LogP contribution in [0.15, 0.2) is 24.3 Å². The van der Waals surface area contributed by atoms with E-state index in [4.69, 9.17) is 14.2 Å². The lowest BCUT2D eigenvalue weighted by molar-refractivity contribution is -0.0375. The van der Waals surface area contributed by atoms with E-state index < -0.39 is 0 Å². The first kappa shape index (κ1) is 16.0. The molecule has 1 aromatic rings. The molecule has 0 aromatic heterocycles. The van der Waals surface area contributed by atoms with Crippen LogP contribution in [-0.2, 0) is 9.47 Å². The van der Waals surface area contributed by atoms with Crippen molar-refractivity contribution < 1.29 is 14.2 Å². The average Bonchev–Trinajstić information content (AvgIpc) is 2.42. The van der Waals surface area contributed by atoms with Crippen molar-refractivity contribution in [2.24, 2.45) is 0 Å². The van der Waals surface area contributed by atoms with Gasteiger partial charge in [-0.05, 0) is 39.3 Å². The second-order valence-electron chi connectivity index (χ2n) is 4.82. The minimum atomic E-state index is 0.0537. The van der Waals surface area contributed by atoms with Crippen LogP contribution >= 0.6 is 0 Å². The molecule has 3 nitrogen and oxygen atoms in total. The fourth-order valence-corrected chi connectivity index (χ4v) is 1.50. The van der Waals surface area contributed by atoms with Gasteiger partial charge in [-0.15, -0.1) is 0 Å². The minimum Gasteiger partial charge on any atom is -0.491 e. The fraction of sp³-hybridized carbons (Fsp3) is 0.562. The van der Waals surface area contributed by atoms with Crippen LogP contribution in [0.5, 0.6) is 5.75 Å². The van der Waals surface area contributed by atoms with Gasteiger partial charge in [0, 0.05) is 6.61 Å². The molecule has 19 heavy (non-hydrogen) atoms.